The van der Waals surface area contributed by atoms with Crippen molar-refractivity contribution in [1.29, 1.82) is 0 Å². The number of hydrogen-bond donors (Lipinski definition) is 0. The predicted molar refractivity (Wildman–Crippen MR) is 125 cm³/mol. The number of ketones is 2. The summed E-state index contributed by atoms with van der Waals surface area (Å²) < 4.78 is 0. The quantitative estimate of drug-likeness (QED) is 0.316. The third kappa shape index (κ3) is 26.5. The van der Waals surface area contributed by atoms with E-state index in [-0.39, 0.29) is 11.6 Å². The number of Topliss-reactive ketones (excluding diaryl/α,β-unsaturated/α-hetero) is 2. The van der Waals surface area contributed by atoms with Gasteiger partial charge in [0.2, 0.25) is 0 Å². The first kappa shape index (κ1) is 28.5. The SMILES string of the molecule is CC(=O)CCC=C(C)CCC=C(C)C.CC(=O)CCC=C(C)CCC=C(C)C. The van der Waals surface area contributed by atoms with Gasteiger partial charge in [-0.2, -0.15) is 0 Å². The third-order valence-corrected chi connectivity index (χ3v) is 4.16. The molecule has 2 nitrogen and oxygen atoms in total. The second kappa shape index (κ2) is 18.7. The number of rotatable bonds is 12. The molecule has 160 valence electrons. The second-order valence-electron chi connectivity index (χ2n) is 8.22. The van der Waals surface area contributed by atoms with Crippen LogP contribution in [0.2, 0.25) is 0 Å². The fourth-order valence-electron chi connectivity index (χ4n) is 2.42. The second-order valence-corrected chi connectivity index (χ2v) is 8.22. The molecule has 0 N–H and O–H groups in total. The topological polar surface area (TPSA) is 34.1 Å². The van der Waals surface area contributed by atoms with Gasteiger partial charge in [-0.25, -0.2) is 0 Å². The summed E-state index contributed by atoms with van der Waals surface area (Å²) in [6, 6.07) is 0. The Morgan fingerprint density at radius 3 is 1.00 bits per heavy atom. The number of carbonyl (C=O) groups excluding carboxylic acids is 2. The van der Waals surface area contributed by atoms with Crippen molar-refractivity contribution in [3.05, 3.63) is 46.6 Å². The highest BCUT2D eigenvalue weighted by Gasteiger charge is 1.93. The van der Waals surface area contributed by atoms with Crippen molar-refractivity contribution in [3.63, 3.8) is 0 Å². The Balaban J connectivity index is 0. The van der Waals surface area contributed by atoms with Crippen LogP contribution < -0.4 is 0 Å². The van der Waals surface area contributed by atoms with Gasteiger partial charge in [-0.15, -0.1) is 0 Å². The molecule has 0 fully saturated rings. The molecule has 0 aromatic carbocycles. The normalized spacial score (nSPS) is 11.3. The molecule has 2 heteroatoms. The lowest BCUT2D eigenvalue weighted by molar-refractivity contribution is -0.117. The molecule has 0 aromatic heterocycles. The van der Waals surface area contributed by atoms with Gasteiger partial charge >= 0.3 is 0 Å². The third-order valence-electron chi connectivity index (χ3n) is 4.16. The Morgan fingerprint density at radius 2 is 0.750 bits per heavy atom. The van der Waals surface area contributed by atoms with Crippen LogP contribution in [0.25, 0.3) is 0 Å². The zero-order valence-electron chi connectivity index (χ0n) is 19.8. The van der Waals surface area contributed by atoms with Crippen LogP contribution in [0.4, 0.5) is 0 Å². The zero-order valence-corrected chi connectivity index (χ0v) is 19.8. The Labute approximate surface area is 174 Å². The maximum Gasteiger partial charge on any atom is 0.130 e. The first-order valence-electron chi connectivity index (χ1n) is 10.6. The van der Waals surface area contributed by atoms with E-state index in [1.165, 1.54) is 22.3 Å². The van der Waals surface area contributed by atoms with Crippen LogP contribution in [0.5, 0.6) is 0 Å². The maximum atomic E-state index is 10.7. The fraction of sp³-hybridized carbons (Fsp3) is 0.615. The molecule has 0 aliphatic heterocycles. The van der Waals surface area contributed by atoms with Crippen LogP contribution in [0.15, 0.2) is 46.6 Å². The highest BCUT2D eigenvalue weighted by molar-refractivity contribution is 5.75. The number of allylic oxidation sites excluding steroid dienone is 8. The summed E-state index contributed by atoms with van der Waals surface area (Å²) >= 11 is 0. The van der Waals surface area contributed by atoms with E-state index < -0.39 is 0 Å². The van der Waals surface area contributed by atoms with Gasteiger partial charge in [-0.05, 0) is 93.9 Å². The van der Waals surface area contributed by atoms with Gasteiger partial charge in [-0.1, -0.05) is 46.6 Å². The van der Waals surface area contributed by atoms with Crippen molar-refractivity contribution in [1.82, 2.24) is 0 Å². The standard InChI is InChI=1S/2C13H22O/c2*1-11(2)7-5-8-12(3)9-6-10-13(4)14/h2*7,9H,5-6,8,10H2,1-4H3. The van der Waals surface area contributed by atoms with Crippen LogP contribution >= 0.6 is 0 Å². The Morgan fingerprint density at radius 1 is 0.464 bits per heavy atom. The number of hydrogen-bond acceptors (Lipinski definition) is 2. The molecule has 0 amide bonds. The predicted octanol–water partition coefficient (Wildman–Crippen LogP) is 8.10. The molecule has 0 aliphatic carbocycles. The minimum Gasteiger partial charge on any atom is -0.300 e. The van der Waals surface area contributed by atoms with E-state index in [1.807, 2.05) is 0 Å². The smallest absolute Gasteiger partial charge is 0.130 e. The largest absolute Gasteiger partial charge is 0.300 e. The molecule has 0 saturated heterocycles. The molecular formula is C26H44O2. The van der Waals surface area contributed by atoms with E-state index in [0.29, 0.717) is 12.8 Å². The van der Waals surface area contributed by atoms with Crippen molar-refractivity contribution < 1.29 is 9.59 Å². The minimum absolute atomic E-state index is 0.276. The van der Waals surface area contributed by atoms with Crippen molar-refractivity contribution in [2.75, 3.05) is 0 Å². The summed E-state index contributed by atoms with van der Waals surface area (Å²) in [6.07, 6.45) is 16.5. The lowest BCUT2D eigenvalue weighted by Gasteiger charge is -1.98. The van der Waals surface area contributed by atoms with Crippen LogP contribution in [-0.4, -0.2) is 11.6 Å². The van der Waals surface area contributed by atoms with Crippen molar-refractivity contribution in [2.45, 2.75) is 107 Å². The molecule has 0 atom stereocenters. The lowest BCUT2D eigenvalue weighted by Crippen LogP contribution is -1.87. The number of carbonyl (C=O) groups is 2. The van der Waals surface area contributed by atoms with Crippen LogP contribution in [0.1, 0.15) is 107 Å². The first-order valence-corrected chi connectivity index (χ1v) is 10.6. The zero-order chi connectivity index (χ0) is 21.9. The van der Waals surface area contributed by atoms with Gasteiger partial charge in [-0.3, -0.25) is 0 Å². The molecule has 0 rings (SSSR count). The van der Waals surface area contributed by atoms with Gasteiger partial charge in [0.1, 0.15) is 11.6 Å². The summed E-state index contributed by atoms with van der Waals surface area (Å²) in [4.78, 5) is 21.4. The molecule has 28 heavy (non-hydrogen) atoms. The van der Waals surface area contributed by atoms with Crippen molar-refractivity contribution in [3.8, 4) is 0 Å². The Bertz CT molecular complexity index is 511. The van der Waals surface area contributed by atoms with E-state index in [9.17, 15) is 9.59 Å². The first-order chi connectivity index (χ1) is 13.0. The summed E-state index contributed by atoms with van der Waals surface area (Å²) in [5, 5.41) is 0. The molecule has 0 saturated carbocycles. The molecule has 0 bridgehead atoms. The van der Waals surface area contributed by atoms with Gasteiger partial charge in [0.25, 0.3) is 0 Å². The Kier molecular flexibility index (Phi) is 19.0. The molecule has 0 spiro atoms. The van der Waals surface area contributed by atoms with Crippen LogP contribution in [0, 0.1) is 0 Å². The van der Waals surface area contributed by atoms with E-state index in [2.05, 4.69) is 65.8 Å². The van der Waals surface area contributed by atoms with E-state index in [4.69, 9.17) is 0 Å². The van der Waals surface area contributed by atoms with Gasteiger partial charge < -0.3 is 9.59 Å². The molecule has 0 aromatic rings. The highest BCUT2D eigenvalue weighted by Crippen LogP contribution is 2.09. The Hall–Kier alpha value is -1.70. The summed E-state index contributed by atoms with van der Waals surface area (Å²) in [5.41, 5.74) is 5.54. The average Bonchev–Trinajstić information content (AvgIpc) is 2.54. The molecule has 0 aliphatic rings. The van der Waals surface area contributed by atoms with E-state index >= 15 is 0 Å². The highest BCUT2D eigenvalue weighted by atomic mass is 16.1. The van der Waals surface area contributed by atoms with E-state index in [0.717, 1.165) is 38.5 Å². The molecule has 0 radical (unpaired) electrons. The molecule has 0 unspecified atom stereocenters. The monoisotopic (exact) mass is 388 g/mol. The van der Waals surface area contributed by atoms with Gasteiger partial charge in [0.05, 0.1) is 0 Å². The van der Waals surface area contributed by atoms with Crippen molar-refractivity contribution >= 4 is 11.6 Å². The fourth-order valence-corrected chi connectivity index (χ4v) is 2.42. The van der Waals surface area contributed by atoms with Crippen LogP contribution in [0.3, 0.4) is 0 Å². The van der Waals surface area contributed by atoms with Crippen molar-refractivity contribution in [2.24, 2.45) is 0 Å². The molecule has 0 heterocycles. The summed E-state index contributed by atoms with van der Waals surface area (Å²) in [5.74, 6) is 0.552. The maximum absolute atomic E-state index is 10.7. The summed E-state index contributed by atoms with van der Waals surface area (Å²) in [6.45, 7) is 16.0. The average molecular weight is 389 g/mol. The molecular weight excluding hydrogens is 344 g/mol. The minimum atomic E-state index is 0.276. The summed E-state index contributed by atoms with van der Waals surface area (Å²) in [7, 11) is 0. The van der Waals surface area contributed by atoms with Gasteiger partial charge in [0, 0.05) is 12.8 Å². The lowest BCUT2D eigenvalue weighted by atomic mass is 10.1. The van der Waals surface area contributed by atoms with Crippen LogP contribution in [-0.2, 0) is 9.59 Å². The van der Waals surface area contributed by atoms with Gasteiger partial charge in [0.15, 0.2) is 0 Å². The van der Waals surface area contributed by atoms with E-state index in [1.54, 1.807) is 13.8 Å².